The van der Waals surface area contributed by atoms with Gasteiger partial charge >= 0.3 is 0 Å². The van der Waals surface area contributed by atoms with Gasteiger partial charge in [-0.25, -0.2) is 0 Å². The van der Waals surface area contributed by atoms with Crippen LogP contribution in [0.3, 0.4) is 0 Å². The number of aryl methyl sites for hydroxylation is 2. The molecule has 1 N–H and O–H groups in total. The highest BCUT2D eigenvalue weighted by Crippen LogP contribution is 2.30. The average Bonchev–Trinajstić information content (AvgIpc) is 3.07. The summed E-state index contributed by atoms with van der Waals surface area (Å²) in [5.74, 6) is 1.03. The summed E-state index contributed by atoms with van der Waals surface area (Å²) >= 11 is 0. The minimum atomic E-state index is 0.187. The summed E-state index contributed by atoms with van der Waals surface area (Å²) in [4.78, 5) is 0. The Morgan fingerprint density at radius 2 is 2.24 bits per heavy atom. The summed E-state index contributed by atoms with van der Waals surface area (Å²) < 4.78 is 8.10. The molecule has 0 spiro atoms. The summed E-state index contributed by atoms with van der Waals surface area (Å²) in [5, 5.41) is 7.95. The van der Waals surface area contributed by atoms with E-state index in [1.807, 2.05) is 24.8 Å². The van der Waals surface area contributed by atoms with Crippen LogP contribution in [-0.2, 0) is 26.3 Å². The molecule has 0 aliphatic carbocycles. The first-order valence-electron chi connectivity index (χ1n) is 7.65. The van der Waals surface area contributed by atoms with E-state index in [1.54, 1.807) is 0 Å². The maximum atomic E-state index is 6.11. The fourth-order valence-electron chi connectivity index (χ4n) is 3.01. The molecular formula is C17H23N3O. The zero-order valence-electron chi connectivity index (χ0n) is 13.0. The third-order valence-corrected chi connectivity index (χ3v) is 4.31. The standard InChI is InChI=1S/C17H23N3O/c1-4-13-10-14(20(3)19-13)11-15(18-2)17-9-12-7-5-6-8-16(12)21-17/h5-8,10,15,17-18H,4,9,11H2,1-3H3. The Kier molecular flexibility index (Phi) is 3.97. The highest BCUT2D eigenvalue weighted by molar-refractivity contribution is 5.37. The van der Waals surface area contributed by atoms with Crippen molar-refractivity contribution in [2.45, 2.75) is 38.3 Å². The van der Waals surface area contributed by atoms with Crippen molar-refractivity contribution in [3.8, 4) is 5.75 Å². The lowest BCUT2D eigenvalue weighted by atomic mass is 10.0. The van der Waals surface area contributed by atoms with Gasteiger partial charge in [-0.05, 0) is 31.2 Å². The number of likely N-dealkylation sites (N-methyl/N-ethyl adjacent to an activating group) is 1. The number of fused-ring (bicyclic) bond motifs is 1. The van der Waals surface area contributed by atoms with Crippen molar-refractivity contribution in [2.75, 3.05) is 7.05 Å². The number of nitrogens with zero attached hydrogens (tertiary/aromatic N) is 2. The van der Waals surface area contributed by atoms with Gasteiger partial charge in [0.1, 0.15) is 11.9 Å². The fourth-order valence-corrected chi connectivity index (χ4v) is 3.01. The Bertz CT molecular complexity index is 595. The molecule has 4 nitrogen and oxygen atoms in total. The summed E-state index contributed by atoms with van der Waals surface area (Å²) in [6.07, 6.45) is 3.06. The molecule has 0 amide bonds. The molecule has 112 valence electrons. The molecule has 0 saturated carbocycles. The highest BCUT2D eigenvalue weighted by Gasteiger charge is 2.30. The predicted octanol–water partition coefficient (Wildman–Crippen LogP) is 2.12. The van der Waals surface area contributed by atoms with E-state index in [1.165, 1.54) is 11.3 Å². The second-order valence-corrected chi connectivity index (χ2v) is 5.67. The van der Waals surface area contributed by atoms with E-state index in [0.717, 1.165) is 30.7 Å². The van der Waals surface area contributed by atoms with Crippen LogP contribution >= 0.6 is 0 Å². The summed E-state index contributed by atoms with van der Waals surface area (Å²) in [6, 6.07) is 10.8. The van der Waals surface area contributed by atoms with E-state index >= 15 is 0 Å². The van der Waals surface area contributed by atoms with Gasteiger partial charge in [-0.3, -0.25) is 4.68 Å². The van der Waals surface area contributed by atoms with Gasteiger partial charge in [-0.2, -0.15) is 5.10 Å². The molecule has 1 aliphatic heterocycles. The molecule has 3 rings (SSSR count). The maximum Gasteiger partial charge on any atom is 0.123 e. The molecule has 4 heteroatoms. The number of hydrogen-bond donors (Lipinski definition) is 1. The molecule has 2 unspecified atom stereocenters. The van der Waals surface area contributed by atoms with Crippen molar-refractivity contribution < 1.29 is 4.74 Å². The van der Waals surface area contributed by atoms with E-state index in [-0.39, 0.29) is 12.1 Å². The zero-order valence-corrected chi connectivity index (χ0v) is 13.0. The van der Waals surface area contributed by atoms with Crippen molar-refractivity contribution in [3.63, 3.8) is 0 Å². The normalized spacial score (nSPS) is 18.3. The summed E-state index contributed by atoms with van der Waals surface area (Å²) in [6.45, 7) is 2.14. The molecule has 1 aromatic carbocycles. The van der Waals surface area contributed by atoms with Crippen molar-refractivity contribution in [2.24, 2.45) is 7.05 Å². The number of nitrogens with one attached hydrogen (secondary N) is 1. The lowest BCUT2D eigenvalue weighted by Gasteiger charge is -2.22. The van der Waals surface area contributed by atoms with E-state index in [2.05, 4.69) is 41.6 Å². The van der Waals surface area contributed by atoms with Crippen LogP contribution in [0.4, 0.5) is 0 Å². The van der Waals surface area contributed by atoms with Gasteiger partial charge in [0.05, 0.1) is 5.69 Å². The van der Waals surface area contributed by atoms with E-state index in [9.17, 15) is 0 Å². The average molecular weight is 285 g/mol. The first-order valence-corrected chi connectivity index (χ1v) is 7.65. The van der Waals surface area contributed by atoms with Crippen molar-refractivity contribution in [1.82, 2.24) is 15.1 Å². The van der Waals surface area contributed by atoms with Crippen LogP contribution in [0, 0.1) is 0 Å². The van der Waals surface area contributed by atoms with Gasteiger partial charge in [0.25, 0.3) is 0 Å². The van der Waals surface area contributed by atoms with Gasteiger partial charge in [-0.1, -0.05) is 25.1 Å². The van der Waals surface area contributed by atoms with Crippen LogP contribution in [0.5, 0.6) is 5.75 Å². The second kappa shape index (κ2) is 5.90. The fraction of sp³-hybridized carbons (Fsp3) is 0.471. The van der Waals surface area contributed by atoms with Gasteiger partial charge in [0, 0.05) is 31.6 Å². The molecule has 2 atom stereocenters. The van der Waals surface area contributed by atoms with Crippen LogP contribution < -0.4 is 10.1 Å². The quantitative estimate of drug-likeness (QED) is 0.914. The topological polar surface area (TPSA) is 39.1 Å². The van der Waals surface area contributed by atoms with Crippen LogP contribution in [0.1, 0.15) is 23.9 Å². The number of ether oxygens (including phenoxy) is 1. The Balaban J connectivity index is 1.73. The predicted molar refractivity (Wildman–Crippen MR) is 83.7 cm³/mol. The molecule has 0 radical (unpaired) electrons. The highest BCUT2D eigenvalue weighted by atomic mass is 16.5. The van der Waals surface area contributed by atoms with Gasteiger partial charge in [-0.15, -0.1) is 0 Å². The molecule has 2 heterocycles. The van der Waals surface area contributed by atoms with Gasteiger partial charge < -0.3 is 10.1 Å². The first kappa shape index (κ1) is 14.1. The molecule has 0 bridgehead atoms. The smallest absolute Gasteiger partial charge is 0.123 e. The monoisotopic (exact) mass is 285 g/mol. The summed E-state index contributed by atoms with van der Waals surface area (Å²) in [7, 11) is 4.03. The lowest BCUT2D eigenvalue weighted by Crippen LogP contribution is -2.42. The molecule has 0 fully saturated rings. The molecule has 1 aliphatic rings. The largest absolute Gasteiger partial charge is 0.488 e. The second-order valence-electron chi connectivity index (χ2n) is 5.67. The SMILES string of the molecule is CCc1cc(CC(NC)C2Cc3ccccc3O2)n(C)n1. The molecule has 0 saturated heterocycles. The third kappa shape index (κ3) is 2.81. The number of benzene rings is 1. The number of aromatic nitrogens is 2. The van der Waals surface area contributed by atoms with Crippen LogP contribution in [0.2, 0.25) is 0 Å². The first-order chi connectivity index (χ1) is 10.2. The lowest BCUT2D eigenvalue weighted by molar-refractivity contribution is 0.181. The maximum absolute atomic E-state index is 6.11. The van der Waals surface area contributed by atoms with Crippen molar-refractivity contribution in [3.05, 3.63) is 47.3 Å². The van der Waals surface area contributed by atoms with Crippen LogP contribution in [-0.4, -0.2) is 29.0 Å². The van der Waals surface area contributed by atoms with Crippen molar-refractivity contribution >= 4 is 0 Å². The Morgan fingerprint density at radius 3 is 2.90 bits per heavy atom. The third-order valence-electron chi connectivity index (χ3n) is 4.31. The number of para-hydroxylation sites is 1. The minimum absolute atomic E-state index is 0.187. The Hall–Kier alpha value is -1.81. The number of hydrogen-bond acceptors (Lipinski definition) is 3. The van der Waals surface area contributed by atoms with Crippen molar-refractivity contribution in [1.29, 1.82) is 0 Å². The molecule has 21 heavy (non-hydrogen) atoms. The number of rotatable bonds is 5. The summed E-state index contributed by atoms with van der Waals surface area (Å²) in [5.41, 5.74) is 3.71. The van der Waals surface area contributed by atoms with E-state index in [4.69, 9.17) is 4.74 Å². The van der Waals surface area contributed by atoms with Gasteiger partial charge in [0.15, 0.2) is 0 Å². The molecular weight excluding hydrogens is 262 g/mol. The van der Waals surface area contributed by atoms with Crippen LogP contribution in [0.15, 0.2) is 30.3 Å². The Labute approximate surface area is 126 Å². The zero-order chi connectivity index (χ0) is 14.8. The Morgan fingerprint density at radius 1 is 1.43 bits per heavy atom. The van der Waals surface area contributed by atoms with Gasteiger partial charge in [0.2, 0.25) is 0 Å². The van der Waals surface area contributed by atoms with E-state index in [0.29, 0.717) is 0 Å². The van der Waals surface area contributed by atoms with E-state index < -0.39 is 0 Å². The molecule has 1 aromatic heterocycles. The van der Waals surface area contributed by atoms with Crippen LogP contribution in [0.25, 0.3) is 0 Å². The minimum Gasteiger partial charge on any atom is -0.488 e. The molecule has 2 aromatic rings.